The Morgan fingerprint density at radius 1 is 0.938 bits per heavy atom. The van der Waals surface area contributed by atoms with Crippen molar-refractivity contribution in [1.29, 1.82) is 0 Å². The molecule has 3 aromatic heterocycles. The summed E-state index contributed by atoms with van der Waals surface area (Å²) in [6.07, 6.45) is 5.35. The number of hydrogen-bond donors (Lipinski definition) is 0. The van der Waals surface area contributed by atoms with Gasteiger partial charge in [-0.15, -0.1) is 0 Å². The summed E-state index contributed by atoms with van der Waals surface area (Å²) in [6, 6.07) is 19.7. The summed E-state index contributed by atoms with van der Waals surface area (Å²) in [5, 5.41) is 4.61. The number of pyridine rings is 1. The zero-order chi connectivity index (χ0) is 21.9. The SMILES string of the molecule is Cn1c(COc2ccc(-c3nn(CC[18F])cc3-c3ccncc3)cc2)nc2ccccc21. The van der Waals surface area contributed by atoms with Crippen LogP contribution in [0.1, 0.15) is 5.82 Å². The molecule has 0 atom stereocenters. The van der Waals surface area contributed by atoms with E-state index in [2.05, 4.69) is 15.1 Å². The fourth-order valence-electron chi connectivity index (χ4n) is 3.76. The quantitative estimate of drug-likeness (QED) is 0.366. The van der Waals surface area contributed by atoms with E-state index in [4.69, 9.17) is 4.74 Å². The van der Waals surface area contributed by atoms with Gasteiger partial charge in [0.1, 0.15) is 30.5 Å². The van der Waals surface area contributed by atoms with E-state index in [1.54, 1.807) is 17.1 Å². The van der Waals surface area contributed by atoms with Crippen molar-refractivity contribution in [1.82, 2.24) is 24.3 Å². The van der Waals surface area contributed by atoms with Gasteiger partial charge < -0.3 is 9.30 Å². The summed E-state index contributed by atoms with van der Waals surface area (Å²) in [4.78, 5) is 8.73. The van der Waals surface area contributed by atoms with Crippen LogP contribution in [0.2, 0.25) is 0 Å². The van der Waals surface area contributed by atoms with Crippen LogP contribution >= 0.6 is 0 Å². The lowest BCUT2D eigenvalue weighted by atomic mass is 10.0. The maximum atomic E-state index is 12.9. The first-order valence-electron chi connectivity index (χ1n) is 10.4. The number of rotatable bonds is 7. The topological polar surface area (TPSA) is 57.8 Å². The monoisotopic (exact) mass is 426 g/mol. The molecule has 32 heavy (non-hydrogen) atoms. The number of aromatic nitrogens is 5. The number of halogens is 1. The van der Waals surface area contributed by atoms with Gasteiger partial charge in [-0.1, -0.05) is 12.1 Å². The minimum Gasteiger partial charge on any atom is -0.486 e. The Labute approximate surface area is 184 Å². The highest BCUT2D eigenvalue weighted by molar-refractivity contribution is 5.80. The van der Waals surface area contributed by atoms with Crippen LogP contribution in [0.4, 0.5) is 4.39 Å². The second kappa shape index (κ2) is 8.63. The number of fused-ring (bicyclic) bond motifs is 1. The van der Waals surface area contributed by atoms with E-state index in [0.29, 0.717) is 6.61 Å². The Morgan fingerprint density at radius 2 is 1.72 bits per heavy atom. The third-order valence-electron chi connectivity index (χ3n) is 5.44. The minimum absolute atomic E-state index is 0.220. The van der Waals surface area contributed by atoms with Crippen molar-refractivity contribution in [3.63, 3.8) is 0 Å². The summed E-state index contributed by atoms with van der Waals surface area (Å²) >= 11 is 0. The van der Waals surface area contributed by atoms with Gasteiger partial charge in [-0.05, 0) is 54.1 Å². The molecule has 160 valence electrons. The molecule has 0 saturated carbocycles. The fourth-order valence-corrected chi connectivity index (χ4v) is 3.76. The van der Waals surface area contributed by atoms with Crippen LogP contribution < -0.4 is 4.74 Å². The van der Waals surface area contributed by atoms with E-state index >= 15 is 0 Å². The van der Waals surface area contributed by atoms with Crippen molar-refractivity contribution in [2.24, 2.45) is 7.05 Å². The van der Waals surface area contributed by atoms with Crippen LogP contribution in [-0.2, 0) is 20.2 Å². The lowest BCUT2D eigenvalue weighted by Crippen LogP contribution is -2.03. The van der Waals surface area contributed by atoms with Gasteiger partial charge in [0.15, 0.2) is 0 Å². The molecule has 0 radical (unpaired) electrons. The normalized spacial score (nSPS) is 11.2. The molecule has 0 N–H and O–H groups in total. The van der Waals surface area contributed by atoms with Gasteiger partial charge in [-0.3, -0.25) is 9.67 Å². The largest absolute Gasteiger partial charge is 0.486 e. The van der Waals surface area contributed by atoms with E-state index in [1.807, 2.05) is 78.5 Å². The third-order valence-corrected chi connectivity index (χ3v) is 5.44. The third kappa shape index (κ3) is 3.85. The molecule has 3 heterocycles. The molecule has 5 rings (SSSR count). The van der Waals surface area contributed by atoms with Crippen LogP contribution in [-0.4, -0.2) is 31.0 Å². The fraction of sp³-hybridized carbons (Fsp3) is 0.160. The predicted molar refractivity (Wildman–Crippen MR) is 122 cm³/mol. The molecule has 6 nitrogen and oxygen atoms in total. The molecule has 0 aliphatic rings. The second-order valence-corrected chi connectivity index (χ2v) is 7.47. The lowest BCUT2D eigenvalue weighted by molar-refractivity contribution is 0.292. The predicted octanol–water partition coefficient (Wildman–Crippen LogP) is 5.05. The van der Waals surface area contributed by atoms with Gasteiger partial charge in [0.2, 0.25) is 0 Å². The maximum absolute atomic E-state index is 12.9. The second-order valence-electron chi connectivity index (χ2n) is 7.47. The smallest absolute Gasteiger partial charge is 0.147 e. The zero-order valence-corrected chi connectivity index (χ0v) is 17.6. The van der Waals surface area contributed by atoms with Crippen LogP contribution in [0.3, 0.4) is 0 Å². The standard InChI is InChI=1S/C25H22FN5O/c1-30-23-5-3-2-4-22(23)28-24(30)17-32-20-8-6-19(7-9-20)25-21(16-31(29-25)15-12-26)18-10-13-27-14-11-18/h2-11,13-14,16H,12,15,17H2,1H3/i26-1. The number of hydrogen-bond acceptors (Lipinski definition) is 4. The Hall–Kier alpha value is -4.00. The molecule has 0 unspecified atom stereocenters. The average molecular weight is 426 g/mol. The number of para-hydroxylation sites is 2. The first kappa shape index (κ1) is 19.9. The number of alkyl halides is 1. The zero-order valence-electron chi connectivity index (χ0n) is 17.6. The summed E-state index contributed by atoms with van der Waals surface area (Å²) in [5.74, 6) is 1.61. The van der Waals surface area contributed by atoms with Gasteiger partial charge in [0.25, 0.3) is 0 Å². The Morgan fingerprint density at radius 3 is 2.47 bits per heavy atom. The molecule has 5 aromatic rings. The maximum Gasteiger partial charge on any atom is 0.147 e. The Bertz CT molecular complexity index is 1340. The molecule has 0 bridgehead atoms. The number of ether oxygens (including phenoxy) is 1. The molecular formula is C25H22FN5O. The first-order chi connectivity index (χ1) is 15.7. The summed E-state index contributed by atoms with van der Waals surface area (Å²) in [5.41, 5.74) is 5.69. The van der Waals surface area contributed by atoms with Gasteiger partial charge in [-0.25, -0.2) is 9.37 Å². The van der Waals surface area contributed by atoms with Gasteiger partial charge >= 0.3 is 0 Å². The van der Waals surface area contributed by atoms with Gasteiger partial charge in [-0.2, -0.15) is 5.10 Å². The van der Waals surface area contributed by atoms with E-state index in [9.17, 15) is 4.39 Å². The van der Waals surface area contributed by atoms with Crippen molar-refractivity contribution in [3.8, 4) is 28.1 Å². The van der Waals surface area contributed by atoms with E-state index in [-0.39, 0.29) is 6.54 Å². The van der Waals surface area contributed by atoms with Gasteiger partial charge in [0, 0.05) is 36.8 Å². The first-order valence-corrected chi connectivity index (χ1v) is 10.4. The van der Waals surface area contributed by atoms with E-state index < -0.39 is 6.67 Å². The minimum atomic E-state index is -0.466. The molecular weight excluding hydrogens is 404 g/mol. The number of nitrogens with zero attached hydrogens (tertiary/aromatic N) is 5. The summed E-state index contributed by atoms with van der Waals surface area (Å²) < 4.78 is 22.6. The average Bonchev–Trinajstić information content (AvgIpc) is 3.40. The highest BCUT2D eigenvalue weighted by Gasteiger charge is 2.14. The molecule has 2 aromatic carbocycles. The molecule has 0 aliphatic carbocycles. The number of benzene rings is 2. The Kier molecular flexibility index (Phi) is 5.37. The lowest BCUT2D eigenvalue weighted by Gasteiger charge is -2.08. The van der Waals surface area contributed by atoms with Crippen molar-refractivity contribution >= 4 is 11.0 Å². The molecule has 0 saturated heterocycles. The summed E-state index contributed by atoms with van der Waals surface area (Å²) in [6.45, 7) is 0.126. The van der Waals surface area contributed by atoms with E-state index in [0.717, 1.165) is 45.0 Å². The highest BCUT2D eigenvalue weighted by atomic mass is 18.2. The van der Waals surface area contributed by atoms with Crippen LogP contribution in [0, 0.1) is 0 Å². The van der Waals surface area contributed by atoms with E-state index in [1.165, 1.54) is 0 Å². The molecule has 0 aliphatic heterocycles. The number of aryl methyl sites for hydroxylation is 2. The molecule has 0 amide bonds. The van der Waals surface area contributed by atoms with Crippen molar-refractivity contribution in [2.45, 2.75) is 13.2 Å². The van der Waals surface area contributed by atoms with Crippen molar-refractivity contribution in [3.05, 3.63) is 85.1 Å². The Balaban J connectivity index is 1.38. The molecule has 0 fully saturated rings. The van der Waals surface area contributed by atoms with Crippen molar-refractivity contribution < 1.29 is 9.13 Å². The number of imidazole rings is 1. The van der Waals surface area contributed by atoms with Gasteiger partial charge in [0.05, 0.1) is 17.6 Å². The van der Waals surface area contributed by atoms with Crippen molar-refractivity contribution in [2.75, 3.05) is 6.67 Å². The van der Waals surface area contributed by atoms with Crippen LogP contribution in [0.5, 0.6) is 5.75 Å². The van der Waals surface area contributed by atoms with Crippen LogP contribution in [0.15, 0.2) is 79.3 Å². The highest BCUT2D eigenvalue weighted by Crippen LogP contribution is 2.32. The molecule has 0 spiro atoms. The molecule has 7 heteroatoms. The van der Waals surface area contributed by atoms with Crippen LogP contribution in [0.25, 0.3) is 33.4 Å². The summed E-state index contributed by atoms with van der Waals surface area (Å²) in [7, 11) is 1.99.